The Hall–Kier alpha value is -3.95. The number of aromatic nitrogens is 1. The average Bonchev–Trinajstić information content (AvgIpc) is 3.10. The van der Waals surface area contributed by atoms with E-state index < -0.39 is 24.0 Å². The van der Waals surface area contributed by atoms with Crippen LogP contribution in [-0.2, 0) is 20.8 Å². The molecular weight excluding hydrogens is 628 g/mol. The Bertz CT molecular complexity index is 1640. The molecule has 9 nitrogen and oxygen atoms in total. The van der Waals surface area contributed by atoms with Crippen molar-refractivity contribution in [3.8, 4) is 0 Å². The molecule has 1 aliphatic carbocycles. The summed E-state index contributed by atoms with van der Waals surface area (Å²) >= 11 is 0. The van der Waals surface area contributed by atoms with Gasteiger partial charge in [-0.3, -0.25) is 24.1 Å². The third kappa shape index (κ3) is 10.1. The van der Waals surface area contributed by atoms with E-state index in [-0.39, 0.29) is 60.6 Å². The van der Waals surface area contributed by atoms with Crippen molar-refractivity contribution in [3.05, 3.63) is 78.0 Å². The summed E-state index contributed by atoms with van der Waals surface area (Å²) in [5, 5.41) is 19.1. The fourth-order valence-electron chi connectivity index (χ4n) is 7.67. The molecule has 2 aliphatic rings. The summed E-state index contributed by atoms with van der Waals surface area (Å²) in [5.41, 5.74) is 1.47. The Labute approximate surface area is 296 Å². The highest BCUT2D eigenvalue weighted by Gasteiger charge is 2.42. The molecule has 1 saturated carbocycles. The lowest BCUT2D eigenvalue weighted by Gasteiger charge is -2.47. The van der Waals surface area contributed by atoms with E-state index in [0.717, 1.165) is 36.8 Å². The van der Waals surface area contributed by atoms with E-state index in [4.69, 9.17) is 0 Å². The zero-order chi connectivity index (χ0) is 35.8. The number of pyridine rings is 1. The van der Waals surface area contributed by atoms with Gasteiger partial charge in [0, 0.05) is 43.3 Å². The van der Waals surface area contributed by atoms with Crippen molar-refractivity contribution in [2.24, 2.45) is 17.8 Å². The molecule has 3 N–H and O–H groups in total. The number of amides is 2. The number of piperidine rings is 1. The van der Waals surface area contributed by atoms with Crippen molar-refractivity contribution in [2.75, 3.05) is 13.1 Å². The standard InChI is InChI=1S/C41H54N4O5/c1-5-32(46)22-31(24-37(47)34-20-19-28-15-11-12-18-33(28)42-34)39(49)43-35(21-27-13-7-6-8-14-27)38(48)26-45-25-30-17-10-9-16-29(30)23-36(45)40(50)44-41(2,3)4/h6-8,11-15,18-20,29-31,35-36,38,48H,5,9-10,16-17,21-26H2,1-4H3,(H,43,49)(H,44,50)/t29-,30+,31-,35+,36+,38-/m1/s1. The van der Waals surface area contributed by atoms with Gasteiger partial charge < -0.3 is 15.7 Å². The van der Waals surface area contributed by atoms with Crippen LogP contribution in [0.1, 0.15) is 95.1 Å². The van der Waals surface area contributed by atoms with Gasteiger partial charge in [0.15, 0.2) is 5.78 Å². The van der Waals surface area contributed by atoms with E-state index in [1.54, 1.807) is 13.0 Å². The maximum atomic E-state index is 14.1. The van der Waals surface area contributed by atoms with E-state index in [9.17, 15) is 24.3 Å². The molecule has 0 bridgehead atoms. The normalized spacial score (nSPS) is 21.4. The number of nitrogens with one attached hydrogen (secondary N) is 2. The lowest BCUT2D eigenvalue weighted by atomic mass is 9.72. The van der Waals surface area contributed by atoms with Crippen LogP contribution in [0.4, 0.5) is 0 Å². The molecule has 2 aromatic carbocycles. The third-order valence-electron chi connectivity index (χ3n) is 10.4. The number of ketones is 2. The molecule has 9 heteroatoms. The number of β-amino-alcohol motifs (C(OH)–C–C–N with tert-alkyl or cyclic N) is 1. The number of hydrogen-bond acceptors (Lipinski definition) is 7. The molecule has 1 aliphatic heterocycles. The minimum Gasteiger partial charge on any atom is -0.390 e. The predicted molar refractivity (Wildman–Crippen MR) is 196 cm³/mol. The number of Topliss-reactive ketones (excluding diaryl/α,β-unsaturated/α-hetero) is 2. The van der Waals surface area contributed by atoms with Crippen molar-refractivity contribution in [1.29, 1.82) is 0 Å². The molecule has 268 valence electrons. The molecule has 0 unspecified atom stereocenters. The largest absolute Gasteiger partial charge is 0.390 e. The summed E-state index contributed by atoms with van der Waals surface area (Å²) in [4.78, 5) is 60.6. The van der Waals surface area contributed by atoms with Crippen LogP contribution in [0.5, 0.6) is 0 Å². The van der Waals surface area contributed by atoms with Crippen molar-refractivity contribution < 1.29 is 24.3 Å². The summed E-state index contributed by atoms with van der Waals surface area (Å²) in [6, 6.07) is 19.6. The highest BCUT2D eigenvalue weighted by Crippen LogP contribution is 2.39. The van der Waals surface area contributed by atoms with Crippen LogP contribution < -0.4 is 10.6 Å². The zero-order valence-corrected chi connectivity index (χ0v) is 30.1. The van der Waals surface area contributed by atoms with Crippen LogP contribution >= 0.6 is 0 Å². The molecule has 2 fully saturated rings. The first-order chi connectivity index (χ1) is 23.9. The Morgan fingerprint density at radius 3 is 2.34 bits per heavy atom. The van der Waals surface area contributed by atoms with Gasteiger partial charge >= 0.3 is 0 Å². The fourth-order valence-corrected chi connectivity index (χ4v) is 7.67. The highest BCUT2D eigenvalue weighted by atomic mass is 16.3. The Morgan fingerprint density at radius 1 is 0.920 bits per heavy atom. The number of carbonyl (C=O) groups excluding carboxylic acids is 4. The molecule has 2 heterocycles. The van der Waals surface area contributed by atoms with Gasteiger partial charge in [0.25, 0.3) is 0 Å². The lowest BCUT2D eigenvalue weighted by molar-refractivity contribution is -0.133. The maximum absolute atomic E-state index is 14.1. The van der Waals surface area contributed by atoms with Gasteiger partial charge in [0.2, 0.25) is 11.8 Å². The summed E-state index contributed by atoms with van der Waals surface area (Å²) in [6.07, 6.45) is 4.67. The first-order valence-electron chi connectivity index (χ1n) is 18.4. The summed E-state index contributed by atoms with van der Waals surface area (Å²) in [7, 11) is 0. The number of para-hydroxylation sites is 1. The second kappa shape index (κ2) is 16.8. The Balaban J connectivity index is 1.36. The molecule has 5 rings (SSSR count). The maximum Gasteiger partial charge on any atom is 0.237 e. The molecule has 6 atom stereocenters. The minimum atomic E-state index is -1.01. The lowest BCUT2D eigenvalue weighted by Crippen LogP contribution is -2.60. The predicted octanol–water partition coefficient (Wildman–Crippen LogP) is 5.68. The van der Waals surface area contributed by atoms with Crippen molar-refractivity contribution in [2.45, 2.75) is 109 Å². The summed E-state index contributed by atoms with van der Waals surface area (Å²) in [6.45, 7) is 8.60. The van der Waals surface area contributed by atoms with Gasteiger partial charge in [-0.25, -0.2) is 4.98 Å². The molecule has 50 heavy (non-hydrogen) atoms. The topological polar surface area (TPSA) is 129 Å². The number of carbonyl (C=O) groups is 4. The van der Waals surface area contributed by atoms with Gasteiger partial charge in [0.05, 0.1) is 29.6 Å². The number of rotatable bonds is 14. The van der Waals surface area contributed by atoms with Gasteiger partial charge in [-0.1, -0.05) is 80.8 Å². The first-order valence-corrected chi connectivity index (χ1v) is 18.4. The van der Waals surface area contributed by atoms with Gasteiger partial charge in [-0.05, 0) is 69.6 Å². The van der Waals surface area contributed by atoms with Gasteiger partial charge in [0.1, 0.15) is 11.5 Å². The van der Waals surface area contributed by atoms with Gasteiger partial charge in [-0.15, -0.1) is 0 Å². The number of aliphatic hydroxyl groups is 1. The van der Waals surface area contributed by atoms with E-state index in [1.807, 2.05) is 81.4 Å². The second-order valence-corrected chi connectivity index (χ2v) is 15.4. The Morgan fingerprint density at radius 2 is 1.62 bits per heavy atom. The highest BCUT2D eigenvalue weighted by molar-refractivity contribution is 5.99. The van der Waals surface area contributed by atoms with E-state index in [1.165, 1.54) is 12.8 Å². The quantitative estimate of drug-likeness (QED) is 0.187. The van der Waals surface area contributed by atoms with Crippen molar-refractivity contribution >= 4 is 34.3 Å². The van der Waals surface area contributed by atoms with E-state index in [0.29, 0.717) is 23.8 Å². The molecule has 0 spiro atoms. The number of aliphatic hydroxyl groups excluding tert-OH is 1. The fraction of sp³-hybridized carbons (Fsp3) is 0.537. The Kier molecular flexibility index (Phi) is 12.6. The zero-order valence-electron chi connectivity index (χ0n) is 30.1. The average molecular weight is 683 g/mol. The summed E-state index contributed by atoms with van der Waals surface area (Å²) in [5.74, 6) is -0.881. The van der Waals surface area contributed by atoms with Crippen LogP contribution in [0.2, 0.25) is 0 Å². The van der Waals surface area contributed by atoms with Crippen LogP contribution in [0.25, 0.3) is 10.9 Å². The number of nitrogens with zero attached hydrogens (tertiary/aromatic N) is 2. The number of fused-ring (bicyclic) bond motifs is 2. The monoisotopic (exact) mass is 682 g/mol. The number of likely N-dealkylation sites (tertiary alicyclic amines) is 1. The smallest absolute Gasteiger partial charge is 0.237 e. The van der Waals surface area contributed by atoms with Crippen molar-refractivity contribution in [1.82, 2.24) is 20.5 Å². The van der Waals surface area contributed by atoms with E-state index in [2.05, 4.69) is 20.5 Å². The third-order valence-corrected chi connectivity index (χ3v) is 10.4. The van der Waals surface area contributed by atoms with Crippen LogP contribution in [-0.4, -0.2) is 75.2 Å². The molecule has 1 aromatic heterocycles. The first kappa shape index (κ1) is 37.3. The minimum absolute atomic E-state index is 0.0312. The molecular formula is C41H54N4O5. The second-order valence-electron chi connectivity index (χ2n) is 15.4. The van der Waals surface area contributed by atoms with E-state index >= 15 is 0 Å². The van der Waals surface area contributed by atoms with Crippen LogP contribution in [0.3, 0.4) is 0 Å². The molecule has 3 aromatic rings. The van der Waals surface area contributed by atoms with Crippen molar-refractivity contribution in [3.63, 3.8) is 0 Å². The summed E-state index contributed by atoms with van der Waals surface area (Å²) < 4.78 is 0. The van der Waals surface area contributed by atoms with Crippen LogP contribution in [0.15, 0.2) is 66.7 Å². The van der Waals surface area contributed by atoms with Crippen LogP contribution in [0, 0.1) is 17.8 Å². The molecule has 2 amide bonds. The SMILES string of the molecule is CCC(=O)C[C@H](CC(=O)c1ccc2ccccc2n1)C(=O)N[C@@H](Cc1ccccc1)[C@H](O)CN1C[C@@H]2CCCC[C@@H]2C[C@H]1C(=O)NC(C)(C)C. The van der Waals surface area contributed by atoms with Gasteiger partial charge in [-0.2, -0.15) is 0 Å². The molecule has 1 saturated heterocycles. The molecule has 0 radical (unpaired) electrons. The number of benzene rings is 2. The number of hydrogen-bond donors (Lipinski definition) is 3.